The summed E-state index contributed by atoms with van der Waals surface area (Å²) in [7, 11) is 0. The van der Waals surface area contributed by atoms with Crippen LogP contribution in [-0.4, -0.2) is 41.6 Å². The summed E-state index contributed by atoms with van der Waals surface area (Å²) >= 11 is 0. The Morgan fingerprint density at radius 2 is 2.31 bits per heavy atom. The van der Waals surface area contributed by atoms with Gasteiger partial charge in [-0.15, -0.1) is 0 Å². The van der Waals surface area contributed by atoms with E-state index in [-0.39, 0.29) is 24.3 Å². The van der Waals surface area contributed by atoms with E-state index >= 15 is 0 Å². The standard InChI is InChI=1S/C11H19N3O2/c1-3-6-14-9(10(12)13-11(14)15)8-5-4-7(2)16-8/h7-9H,3-6H2,1-2H3,(H2,12,13,15). The molecule has 3 unspecified atom stereocenters. The molecule has 2 heterocycles. The third-order valence-corrected chi connectivity index (χ3v) is 3.19. The van der Waals surface area contributed by atoms with Crippen molar-refractivity contribution in [3.05, 3.63) is 0 Å². The van der Waals surface area contributed by atoms with E-state index in [0.717, 1.165) is 19.3 Å². The number of carbonyl (C=O) groups is 1. The van der Waals surface area contributed by atoms with Gasteiger partial charge in [-0.3, -0.25) is 0 Å². The summed E-state index contributed by atoms with van der Waals surface area (Å²) in [5, 5.41) is 0. The average Bonchev–Trinajstić information content (AvgIpc) is 2.73. The number of nitrogens with zero attached hydrogens (tertiary/aromatic N) is 2. The van der Waals surface area contributed by atoms with Crippen molar-refractivity contribution in [1.82, 2.24) is 4.90 Å². The molecule has 90 valence electrons. The topological polar surface area (TPSA) is 67.9 Å². The third-order valence-electron chi connectivity index (χ3n) is 3.19. The Morgan fingerprint density at radius 1 is 1.56 bits per heavy atom. The zero-order chi connectivity index (χ0) is 11.7. The van der Waals surface area contributed by atoms with Crippen LogP contribution in [0, 0.1) is 0 Å². The minimum Gasteiger partial charge on any atom is -0.385 e. The van der Waals surface area contributed by atoms with Crippen molar-refractivity contribution in [2.45, 2.75) is 51.4 Å². The van der Waals surface area contributed by atoms with Crippen LogP contribution in [0.2, 0.25) is 0 Å². The van der Waals surface area contributed by atoms with Gasteiger partial charge in [0.15, 0.2) is 0 Å². The first-order valence-corrected chi connectivity index (χ1v) is 5.93. The van der Waals surface area contributed by atoms with Gasteiger partial charge in [-0.05, 0) is 26.2 Å². The minimum absolute atomic E-state index is 0.0248. The number of amidine groups is 1. The first kappa shape index (κ1) is 11.4. The van der Waals surface area contributed by atoms with Crippen LogP contribution in [0.25, 0.3) is 0 Å². The molecule has 1 fully saturated rings. The van der Waals surface area contributed by atoms with E-state index < -0.39 is 0 Å². The lowest BCUT2D eigenvalue weighted by Crippen LogP contribution is -2.48. The highest BCUT2D eigenvalue weighted by Gasteiger charge is 2.41. The molecule has 5 heteroatoms. The predicted molar refractivity (Wildman–Crippen MR) is 61.4 cm³/mol. The van der Waals surface area contributed by atoms with E-state index in [0.29, 0.717) is 12.4 Å². The van der Waals surface area contributed by atoms with Gasteiger partial charge in [0.1, 0.15) is 11.9 Å². The predicted octanol–water partition coefficient (Wildman–Crippen LogP) is 1.13. The van der Waals surface area contributed by atoms with Crippen LogP contribution >= 0.6 is 0 Å². The van der Waals surface area contributed by atoms with Gasteiger partial charge < -0.3 is 15.4 Å². The number of amides is 2. The summed E-state index contributed by atoms with van der Waals surface area (Å²) in [6.45, 7) is 4.78. The second kappa shape index (κ2) is 4.41. The van der Waals surface area contributed by atoms with E-state index in [2.05, 4.69) is 4.99 Å². The molecule has 2 rings (SSSR count). The van der Waals surface area contributed by atoms with Gasteiger partial charge in [0.25, 0.3) is 0 Å². The van der Waals surface area contributed by atoms with E-state index in [4.69, 9.17) is 10.5 Å². The van der Waals surface area contributed by atoms with Crippen molar-refractivity contribution in [2.75, 3.05) is 6.54 Å². The molecule has 0 radical (unpaired) electrons. The maximum absolute atomic E-state index is 11.6. The minimum atomic E-state index is -0.215. The van der Waals surface area contributed by atoms with Crippen molar-refractivity contribution < 1.29 is 9.53 Å². The first-order chi connectivity index (χ1) is 7.63. The van der Waals surface area contributed by atoms with Crippen molar-refractivity contribution in [3.8, 4) is 0 Å². The molecule has 2 N–H and O–H groups in total. The fraction of sp³-hybridized carbons (Fsp3) is 0.818. The average molecular weight is 225 g/mol. The smallest absolute Gasteiger partial charge is 0.345 e. The van der Waals surface area contributed by atoms with Gasteiger partial charge >= 0.3 is 6.03 Å². The van der Waals surface area contributed by atoms with E-state index in [1.54, 1.807) is 4.90 Å². The quantitative estimate of drug-likeness (QED) is 0.782. The molecular formula is C11H19N3O2. The molecule has 5 nitrogen and oxygen atoms in total. The van der Waals surface area contributed by atoms with Crippen LogP contribution in [0.3, 0.4) is 0 Å². The fourth-order valence-corrected chi connectivity index (χ4v) is 2.45. The summed E-state index contributed by atoms with van der Waals surface area (Å²) in [5.74, 6) is 0.414. The molecular weight excluding hydrogens is 206 g/mol. The maximum atomic E-state index is 11.6. The largest absolute Gasteiger partial charge is 0.385 e. The molecule has 0 aromatic carbocycles. The van der Waals surface area contributed by atoms with Crippen LogP contribution in [0.15, 0.2) is 4.99 Å². The van der Waals surface area contributed by atoms with E-state index in [1.165, 1.54) is 0 Å². The Morgan fingerprint density at radius 3 is 2.88 bits per heavy atom. The van der Waals surface area contributed by atoms with Crippen LogP contribution in [-0.2, 0) is 4.74 Å². The number of rotatable bonds is 3. The van der Waals surface area contributed by atoms with Gasteiger partial charge in [0.05, 0.1) is 12.2 Å². The lowest BCUT2D eigenvalue weighted by molar-refractivity contribution is 0.0262. The van der Waals surface area contributed by atoms with Crippen LogP contribution in [0.5, 0.6) is 0 Å². The highest BCUT2D eigenvalue weighted by molar-refractivity contribution is 6.03. The van der Waals surface area contributed by atoms with Crippen LogP contribution in [0.4, 0.5) is 4.79 Å². The van der Waals surface area contributed by atoms with Crippen molar-refractivity contribution in [3.63, 3.8) is 0 Å². The lowest BCUT2D eigenvalue weighted by Gasteiger charge is -2.28. The Bertz CT molecular complexity index is 316. The summed E-state index contributed by atoms with van der Waals surface area (Å²) < 4.78 is 5.79. The Kier molecular flexibility index (Phi) is 3.14. The van der Waals surface area contributed by atoms with Gasteiger partial charge in [-0.2, -0.15) is 4.99 Å². The van der Waals surface area contributed by atoms with Gasteiger partial charge in [0, 0.05) is 6.54 Å². The molecule has 0 aliphatic carbocycles. The Balaban J connectivity index is 2.11. The molecule has 1 saturated heterocycles. The SMILES string of the molecule is CCCN1C(=O)N=C(N)C1C1CCC(C)O1. The maximum Gasteiger partial charge on any atom is 0.345 e. The summed E-state index contributed by atoms with van der Waals surface area (Å²) in [5.41, 5.74) is 5.82. The summed E-state index contributed by atoms with van der Waals surface area (Å²) in [6, 6.07) is -0.357. The second-order valence-corrected chi connectivity index (χ2v) is 4.52. The number of nitrogens with two attached hydrogens (primary N) is 1. The molecule has 0 saturated carbocycles. The highest BCUT2D eigenvalue weighted by atomic mass is 16.5. The van der Waals surface area contributed by atoms with Crippen molar-refractivity contribution in [2.24, 2.45) is 10.7 Å². The number of hydrogen-bond donors (Lipinski definition) is 1. The molecule has 2 amide bonds. The lowest BCUT2D eigenvalue weighted by atomic mass is 10.1. The molecule has 0 bridgehead atoms. The monoisotopic (exact) mass is 225 g/mol. The molecule has 0 aromatic heterocycles. The molecule has 0 aromatic rings. The number of hydrogen-bond acceptors (Lipinski definition) is 3. The molecule has 16 heavy (non-hydrogen) atoms. The van der Waals surface area contributed by atoms with Crippen molar-refractivity contribution >= 4 is 11.9 Å². The zero-order valence-corrected chi connectivity index (χ0v) is 9.85. The normalized spacial score (nSPS) is 34.6. The van der Waals surface area contributed by atoms with Crippen LogP contribution in [0.1, 0.15) is 33.1 Å². The number of aliphatic imine (C=N–C) groups is 1. The molecule has 0 spiro atoms. The van der Waals surface area contributed by atoms with Crippen LogP contribution < -0.4 is 5.73 Å². The number of urea groups is 1. The Hall–Kier alpha value is -1.10. The van der Waals surface area contributed by atoms with Gasteiger partial charge in [-0.25, -0.2) is 4.79 Å². The van der Waals surface area contributed by atoms with E-state index in [9.17, 15) is 4.79 Å². The van der Waals surface area contributed by atoms with E-state index in [1.807, 2.05) is 13.8 Å². The summed E-state index contributed by atoms with van der Waals surface area (Å²) in [6.07, 6.45) is 3.18. The number of ether oxygens (including phenoxy) is 1. The molecule has 2 aliphatic heterocycles. The highest BCUT2D eigenvalue weighted by Crippen LogP contribution is 2.27. The van der Waals surface area contributed by atoms with Gasteiger partial charge in [-0.1, -0.05) is 6.92 Å². The first-order valence-electron chi connectivity index (χ1n) is 5.93. The third kappa shape index (κ3) is 1.91. The fourth-order valence-electron chi connectivity index (χ4n) is 2.45. The molecule has 2 aliphatic rings. The van der Waals surface area contributed by atoms with Crippen molar-refractivity contribution in [1.29, 1.82) is 0 Å². The van der Waals surface area contributed by atoms with Gasteiger partial charge in [0.2, 0.25) is 0 Å². The second-order valence-electron chi connectivity index (χ2n) is 4.52. The number of carbonyl (C=O) groups excluding carboxylic acids is 1. The zero-order valence-electron chi connectivity index (χ0n) is 9.85. The Labute approximate surface area is 95.6 Å². The summed E-state index contributed by atoms with van der Waals surface area (Å²) in [4.78, 5) is 17.2. The molecule has 3 atom stereocenters.